The standard InChI is InChI=1S/C18H27N3O3/c1-3-15-12-21(13-17(15)20-7-9-23-10-8-20)18(22)14(2)24-16-5-4-6-19-11-16/h4-6,11,14-15,17H,3,7-10,12-13H2,1-2H3/t14-,15-,17+/m1/s1. The predicted molar refractivity (Wildman–Crippen MR) is 90.9 cm³/mol. The smallest absolute Gasteiger partial charge is 0.263 e. The molecule has 132 valence electrons. The lowest BCUT2D eigenvalue weighted by atomic mass is 9.99. The number of hydrogen-bond acceptors (Lipinski definition) is 5. The van der Waals surface area contributed by atoms with Crippen LogP contribution in [0, 0.1) is 5.92 Å². The van der Waals surface area contributed by atoms with E-state index in [0.29, 0.717) is 17.7 Å². The van der Waals surface area contributed by atoms with Crippen molar-refractivity contribution in [3.8, 4) is 5.75 Å². The average molecular weight is 333 g/mol. The van der Waals surface area contributed by atoms with Gasteiger partial charge in [0.1, 0.15) is 5.75 Å². The summed E-state index contributed by atoms with van der Waals surface area (Å²) < 4.78 is 11.2. The number of aromatic nitrogens is 1. The third-order valence-electron chi connectivity index (χ3n) is 5.05. The summed E-state index contributed by atoms with van der Waals surface area (Å²) in [6, 6.07) is 4.07. The number of carbonyl (C=O) groups is 1. The number of rotatable bonds is 5. The van der Waals surface area contributed by atoms with Gasteiger partial charge in [-0.05, 0) is 25.0 Å². The van der Waals surface area contributed by atoms with Crippen LogP contribution < -0.4 is 4.74 Å². The average Bonchev–Trinajstić information content (AvgIpc) is 3.07. The molecule has 3 atom stereocenters. The Morgan fingerprint density at radius 3 is 2.88 bits per heavy atom. The second-order valence-electron chi connectivity index (χ2n) is 6.58. The minimum absolute atomic E-state index is 0.0630. The maximum absolute atomic E-state index is 12.8. The van der Waals surface area contributed by atoms with Crippen LogP contribution in [0.15, 0.2) is 24.5 Å². The van der Waals surface area contributed by atoms with Crippen LogP contribution >= 0.6 is 0 Å². The maximum atomic E-state index is 12.8. The van der Waals surface area contributed by atoms with E-state index in [0.717, 1.165) is 45.8 Å². The summed E-state index contributed by atoms with van der Waals surface area (Å²) in [7, 11) is 0. The van der Waals surface area contributed by atoms with Gasteiger partial charge in [-0.15, -0.1) is 0 Å². The quantitative estimate of drug-likeness (QED) is 0.816. The summed E-state index contributed by atoms with van der Waals surface area (Å²) in [5.41, 5.74) is 0. The van der Waals surface area contributed by atoms with E-state index in [-0.39, 0.29) is 5.91 Å². The number of carbonyl (C=O) groups excluding carboxylic acids is 1. The molecule has 0 aliphatic carbocycles. The summed E-state index contributed by atoms with van der Waals surface area (Å²) in [6.07, 6.45) is 3.93. The van der Waals surface area contributed by atoms with Crippen molar-refractivity contribution >= 4 is 5.91 Å². The molecule has 0 aromatic carbocycles. The molecule has 3 heterocycles. The zero-order valence-corrected chi connectivity index (χ0v) is 14.6. The predicted octanol–water partition coefficient (Wildman–Crippen LogP) is 1.42. The number of hydrogen-bond donors (Lipinski definition) is 0. The van der Waals surface area contributed by atoms with Crippen molar-refractivity contribution in [1.82, 2.24) is 14.8 Å². The van der Waals surface area contributed by atoms with Gasteiger partial charge in [0.25, 0.3) is 5.91 Å². The highest BCUT2D eigenvalue weighted by Gasteiger charge is 2.39. The lowest BCUT2D eigenvalue weighted by molar-refractivity contribution is -0.137. The van der Waals surface area contributed by atoms with Gasteiger partial charge in [0.15, 0.2) is 6.10 Å². The highest BCUT2D eigenvalue weighted by Crippen LogP contribution is 2.26. The Morgan fingerprint density at radius 2 is 2.21 bits per heavy atom. The summed E-state index contributed by atoms with van der Waals surface area (Å²) >= 11 is 0. The van der Waals surface area contributed by atoms with E-state index in [9.17, 15) is 4.79 Å². The summed E-state index contributed by atoms with van der Waals surface area (Å²) in [4.78, 5) is 21.3. The minimum atomic E-state index is -0.491. The van der Waals surface area contributed by atoms with E-state index in [1.54, 1.807) is 12.4 Å². The minimum Gasteiger partial charge on any atom is -0.479 e. The number of nitrogens with zero attached hydrogens (tertiary/aromatic N) is 3. The highest BCUT2D eigenvalue weighted by molar-refractivity contribution is 5.81. The molecule has 6 heteroatoms. The number of likely N-dealkylation sites (tertiary alicyclic amines) is 1. The van der Waals surface area contributed by atoms with Crippen LogP contribution in [0.3, 0.4) is 0 Å². The second-order valence-corrected chi connectivity index (χ2v) is 6.58. The zero-order valence-electron chi connectivity index (χ0n) is 14.6. The van der Waals surface area contributed by atoms with Gasteiger partial charge in [-0.3, -0.25) is 14.7 Å². The molecule has 0 saturated carbocycles. The highest BCUT2D eigenvalue weighted by atomic mass is 16.5. The van der Waals surface area contributed by atoms with Gasteiger partial charge in [0.05, 0.1) is 19.4 Å². The van der Waals surface area contributed by atoms with Gasteiger partial charge < -0.3 is 14.4 Å². The van der Waals surface area contributed by atoms with Crippen LogP contribution in [0.25, 0.3) is 0 Å². The van der Waals surface area contributed by atoms with E-state index in [1.807, 2.05) is 24.0 Å². The van der Waals surface area contributed by atoms with Gasteiger partial charge in [0, 0.05) is 38.4 Å². The van der Waals surface area contributed by atoms with Crippen LogP contribution in [-0.2, 0) is 9.53 Å². The van der Waals surface area contributed by atoms with Crippen LogP contribution in [0.1, 0.15) is 20.3 Å². The molecule has 24 heavy (non-hydrogen) atoms. The number of morpholine rings is 1. The first-order valence-electron chi connectivity index (χ1n) is 8.86. The molecule has 0 unspecified atom stereocenters. The second kappa shape index (κ2) is 7.94. The van der Waals surface area contributed by atoms with Crippen molar-refractivity contribution < 1.29 is 14.3 Å². The number of amides is 1. The fourth-order valence-corrected chi connectivity index (χ4v) is 3.69. The summed E-state index contributed by atoms with van der Waals surface area (Å²) in [5.74, 6) is 1.22. The zero-order chi connectivity index (χ0) is 16.9. The molecule has 0 bridgehead atoms. The first kappa shape index (κ1) is 17.2. The lowest BCUT2D eigenvalue weighted by Crippen LogP contribution is -2.48. The Hall–Kier alpha value is -1.66. The van der Waals surface area contributed by atoms with Gasteiger partial charge in [-0.25, -0.2) is 0 Å². The molecule has 2 saturated heterocycles. The Labute approximate surface area is 143 Å². The number of pyridine rings is 1. The van der Waals surface area contributed by atoms with Crippen molar-refractivity contribution in [2.75, 3.05) is 39.4 Å². The van der Waals surface area contributed by atoms with Crippen molar-refractivity contribution in [3.63, 3.8) is 0 Å². The largest absolute Gasteiger partial charge is 0.479 e. The third kappa shape index (κ3) is 3.87. The van der Waals surface area contributed by atoms with Crippen molar-refractivity contribution in [2.24, 2.45) is 5.92 Å². The SMILES string of the molecule is CC[C@@H]1CN(C(=O)[C@@H](C)Oc2cccnc2)C[C@@H]1N1CCOCC1. The normalized spacial score (nSPS) is 26.3. The van der Waals surface area contributed by atoms with E-state index >= 15 is 0 Å². The summed E-state index contributed by atoms with van der Waals surface area (Å²) in [6.45, 7) is 9.15. The molecule has 2 aliphatic rings. The van der Waals surface area contributed by atoms with E-state index in [1.165, 1.54) is 0 Å². The molecule has 0 N–H and O–H groups in total. The van der Waals surface area contributed by atoms with Crippen molar-refractivity contribution in [3.05, 3.63) is 24.5 Å². The van der Waals surface area contributed by atoms with E-state index < -0.39 is 6.10 Å². The Kier molecular flexibility index (Phi) is 5.68. The third-order valence-corrected chi connectivity index (χ3v) is 5.05. The van der Waals surface area contributed by atoms with Gasteiger partial charge >= 0.3 is 0 Å². The molecule has 3 rings (SSSR count). The van der Waals surface area contributed by atoms with Gasteiger partial charge in [-0.1, -0.05) is 13.3 Å². The fraction of sp³-hybridized carbons (Fsp3) is 0.667. The Bertz CT molecular complexity index is 534. The summed E-state index contributed by atoms with van der Waals surface area (Å²) in [5, 5.41) is 0. The molecular formula is C18H27N3O3. The monoisotopic (exact) mass is 333 g/mol. The lowest BCUT2D eigenvalue weighted by Gasteiger charge is -2.34. The fourth-order valence-electron chi connectivity index (χ4n) is 3.69. The van der Waals surface area contributed by atoms with Crippen molar-refractivity contribution in [2.45, 2.75) is 32.4 Å². The first-order valence-corrected chi connectivity index (χ1v) is 8.86. The van der Waals surface area contributed by atoms with E-state index in [2.05, 4.69) is 16.8 Å². The van der Waals surface area contributed by atoms with Gasteiger partial charge in [0.2, 0.25) is 0 Å². The maximum Gasteiger partial charge on any atom is 0.263 e. The molecule has 1 aromatic rings. The van der Waals surface area contributed by atoms with Crippen LogP contribution in [0.5, 0.6) is 5.75 Å². The molecule has 1 amide bonds. The molecule has 2 aliphatic heterocycles. The van der Waals surface area contributed by atoms with E-state index in [4.69, 9.17) is 9.47 Å². The Balaban J connectivity index is 1.60. The molecule has 1 aromatic heterocycles. The van der Waals surface area contributed by atoms with Gasteiger partial charge in [-0.2, -0.15) is 0 Å². The molecule has 0 radical (unpaired) electrons. The molecular weight excluding hydrogens is 306 g/mol. The first-order chi connectivity index (χ1) is 11.7. The number of ether oxygens (including phenoxy) is 2. The topological polar surface area (TPSA) is 54.9 Å². The van der Waals surface area contributed by atoms with Crippen LogP contribution in [-0.4, -0.2) is 72.2 Å². The van der Waals surface area contributed by atoms with Crippen LogP contribution in [0.4, 0.5) is 0 Å². The Morgan fingerprint density at radius 1 is 1.42 bits per heavy atom. The molecule has 6 nitrogen and oxygen atoms in total. The molecule has 0 spiro atoms. The van der Waals surface area contributed by atoms with Crippen molar-refractivity contribution in [1.29, 1.82) is 0 Å². The molecule has 2 fully saturated rings. The van der Waals surface area contributed by atoms with Crippen LogP contribution in [0.2, 0.25) is 0 Å².